The number of hydrogen-bond acceptors (Lipinski definition) is 6. The maximum atomic E-state index is 12.1. The molecule has 0 aliphatic carbocycles. The molecule has 1 aromatic rings. The third-order valence-electron chi connectivity index (χ3n) is 3.47. The van der Waals surface area contributed by atoms with Gasteiger partial charge in [0.25, 0.3) is 0 Å². The van der Waals surface area contributed by atoms with Crippen LogP contribution in [0.5, 0.6) is 5.75 Å². The number of benzene rings is 1. The van der Waals surface area contributed by atoms with Crippen molar-refractivity contribution in [2.45, 2.75) is 19.0 Å². The number of nitrogens with one attached hydrogen (secondary N) is 1. The fraction of sp³-hybridized carbons (Fsp3) is 0.429. The Hall–Kier alpha value is -1.94. The van der Waals surface area contributed by atoms with Gasteiger partial charge in [0.15, 0.2) is 0 Å². The van der Waals surface area contributed by atoms with Gasteiger partial charge in [0.05, 0.1) is 11.6 Å². The first-order valence-corrected chi connectivity index (χ1v) is 6.56. The molecule has 1 heterocycles. The van der Waals surface area contributed by atoms with Crippen LogP contribution in [0.2, 0.25) is 0 Å². The second-order valence-corrected chi connectivity index (χ2v) is 4.86. The molecule has 6 heteroatoms. The smallest absolute Gasteiger partial charge is 0.328 e. The number of esters is 1. The van der Waals surface area contributed by atoms with Gasteiger partial charge in [-0.3, -0.25) is 0 Å². The van der Waals surface area contributed by atoms with Crippen LogP contribution >= 0.6 is 0 Å². The van der Waals surface area contributed by atoms with E-state index in [1.54, 1.807) is 12.1 Å². The van der Waals surface area contributed by atoms with Crippen molar-refractivity contribution in [1.29, 1.82) is 5.26 Å². The molecule has 0 spiro atoms. The minimum absolute atomic E-state index is 0.248. The Balaban J connectivity index is 2.09. The largest absolute Gasteiger partial charge is 0.425 e. The lowest BCUT2D eigenvalue weighted by Crippen LogP contribution is -2.34. The number of hydrogen-bond donors (Lipinski definition) is 3. The van der Waals surface area contributed by atoms with Crippen LogP contribution < -0.4 is 21.5 Å². The van der Waals surface area contributed by atoms with Crippen LogP contribution in [0.1, 0.15) is 17.5 Å². The summed E-state index contributed by atoms with van der Waals surface area (Å²) in [4.78, 5) is 12.1. The van der Waals surface area contributed by atoms with Crippen molar-refractivity contribution >= 4 is 5.97 Å². The van der Waals surface area contributed by atoms with Gasteiger partial charge in [-0.05, 0) is 31.0 Å². The fourth-order valence-electron chi connectivity index (χ4n) is 2.24. The molecule has 2 rings (SSSR count). The zero-order valence-electron chi connectivity index (χ0n) is 11.1. The van der Waals surface area contributed by atoms with E-state index in [1.165, 1.54) is 6.07 Å². The van der Waals surface area contributed by atoms with Gasteiger partial charge >= 0.3 is 5.97 Å². The molecule has 2 atom stereocenters. The molecule has 1 aromatic carbocycles. The first-order chi connectivity index (χ1) is 9.67. The van der Waals surface area contributed by atoms with Crippen molar-refractivity contribution in [2.24, 2.45) is 17.4 Å². The third kappa shape index (κ3) is 3.14. The van der Waals surface area contributed by atoms with Gasteiger partial charge in [-0.1, -0.05) is 6.07 Å². The number of nitriles is 1. The van der Waals surface area contributed by atoms with E-state index in [2.05, 4.69) is 5.32 Å². The normalized spacial score (nSPS) is 21.4. The lowest BCUT2D eigenvalue weighted by atomic mass is 10.1. The molecular weight excluding hydrogens is 256 g/mol. The van der Waals surface area contributed by atoms with Crippen molar-refractivity contribution in [1.82, 2.24) is 5.32 Å². The molecule has 2 unspecified atom stereocenters. The zero-order chi connectivity index (χ0) is 14.5. The van der Waals surface area contributed by atoms with Gasteiger partial charge in [-0.15, -0.1) is 0 Å². The van der Waals surface area contributed by atoms with Crippen LogP contribution in [-0.4, -0.2) is 25.1 Å². The molecule has 0 aromatic heterocycles. The molecule has 1 saturated heterocycles. The van der Waals surface area contributed by atoms with Gasteiger partial charge in [0.1, 0.15) is 11.8 Å². The molecule has 20 heavy (non-hydrogen) atoms. The average molecular weight is 274 g/mol. The molecule has 0 radical (unpaired) electrons. The summed E-state index contributed by atoms with van der Waals surface area (Å²) in [6, 6.07) is 6.55. The summed E-state index contributed by atoms with van der Waals surface area (Å²) in [6.45, 7) is 1.52. The Morgan fingerprint density at radius 3 is 2.90 bits per heavy atom. The van der Waals surface area contributed by atoms with Crippen molar-refractivity contribution in [3.05, 3.63) is 29.3 Å². The lowest BCUT2D eigenvalue weighted by Gasteiger charge is -2.13. The van der Waals surface area contributed by atoms with E-state index in [0.717, 1.165) is 6.54 Å². The van der Waals surface area contributed by atoms with E-state index < -0.39 is 0 Å². The molecule has 6 nitrogen and oxygen atoms in total. The third-order valence-corrected chi connectivity index (χ3v) is 3.47. The quantitative estimate of drug-likeness (QED) is 0.520. The van der Waals surface area contributed by atoms with Crippen molar-refractivity contribution in [3.8, 4) is 11.8 Å². The van der Waals surface area contributed by atoms with E-state index in [0.29, 0.717) is 35.8 Å². The SMILES string of the molecule is N#Cc1ccc(CN)c(OC(=O)C2CC(CN)CN2)c1. The Morgan fingerprint density at radius 2 is 2.30 bits per heavy atom. The molecule has 0 amide bonds. The predicted molar refractivity (Wildman–Crippen MR) is 73.6 cm³/mol. The molecule has 1 fully saturated rings. The lowest BCUT2D eigenvalue weighted by molar-refractivity contribution is -0.136. The highest BCUT2D eigenvalue weighted by Gasteiger charge is 2.30. The first kappa shape index (κ1) is 14.5. The molecule has 0 saturated carbocycles. The highest BCUT2D eigenvalue weighted by Crippen LogP contribution is 2.22. The van der Waals surface area contributed by atoms with Gasteiger partial charge in [-0.25, -0.2) is 4.79 Å². The van der Waals surface area contributed by atoms with Crippen molar-refractivity contribution in [3.63, 3.8) is 0 Å². The molecule has 1 aliphatic rings. The number of rotatable bonds is 4. The van der Waals surface area contributed by atoms with Gasteiger partial charge in [0.2, 0.25) is 0 Å². The minimum Gasteiger partial charge on any atom is -0.425 e. The van der Waals surface area contributed by atoms with Gasteiger partial charge in [0, 0.05) is 18.7 Å². The summed E-state index contributed by atoms with van der Waals surface area (Å²) in [5, 5.41) is 12.0. The molecule has 1 aliphatic heterocycles. The standard InChI is InChI=1S/C14H18N4O2/c15-5-9-1-2-11(7-17)13(4-9)20-14(19)12-3-10(6-16)8-18-12/h1-2,4,10,12,18H,3,6-8,16-17H2. The van der Waals surface area contributed by atoms with Crippen LogP contribution in [0.25, 0.3) is 0 Å². The maximum Gasteiger partial charge on any atom is 0.328 e. The maximum absolute atomic E-state index is 12.1. The molecule has 0 bridgehead atoms. The van der Waals surface area contributed by atoms with Crippen molar-refractivity contribution < 1.29 is 9.53 Å². The highest BCUT2D eigenvalue weighted by atomic mass is 16.5. The number of carbonyl (C=O) groups is 1. The monoisotopic (exact) mass is 274 g/mol. The molecule has 5 N–H and O–H groups in total. The first-order valence-electron chi connectivity index (χ1n) is 6.56. The van der Waals surface area contributed by atoms with Crippen molar-refractivity contribution in [2.75, 3.05) is 13.1 Å². The molecular formula is C14H18N4O2. The van der Waals surface area contributed by atoms with Gasteiger partial charge < -0.3 is 21.5 Å². The van der Waals surface area contributed by atoms with E-state index in [9.17, 15) is 4.79 Å². The summed E-state index contributed by atoms with van der Waals surface area (Å²) in [7, 11) is 0. The van der Waals surface area contributed by atoms with Crippen LogP contribution in [0.15, 0.2) is 18.2 Å². The summed E-state index contributed by atoms with van der Waals surface area (Å²) in [5.74, 6) is 0.298. The average Bonchev–Trinajstić information content (AvgIpc) is 2.96. The number of nitrogens with zero attached hydrogens (tertiary/aromatic N) is 1. The van der Waals surface area contributed by atoms with Gasteiger partial charge in [-0.2, -0.15) is 5.26 Å². The zero-order valence-corrected chi connectivity index (χ0v) is 11.1. The van der Waals surface area contributed by atoms with E-state index >= 15 is 0 Å². The van der Waals surface area contributed by atoms with Crippen LogP contribution in [0, 0.1) is 17.2 Å². The minimum atomic E-state index is -0.356. The fourth-order valence-corrected chi connectivity index (χ4v) is 2.24. The molecule has 106 valence electrons. The van der Waals surface area contributed by atoms with Crippen LogP contribution in [0.4, 0.5) is 0 Å². The van der Waals surface area contributed by atoms with E-state index in [1.807, 2.05) is 6.07 Å². The number of carbonyl (C=O) groups excluding carboxylic acids is 1. The summed E-state index contributed by atoms with van der Waals surface area (Å²) < 4.78 is 5.38. The Labute approximate surface area is 117 Å². The topological polar surface area (TPSA) is 114 Å². The number of nitrogens with two attached hydrogens (primary N) is 2. The highest BCUT2D eigenvalue weighted by molar-refractivity contribution is 5.79. The Kier molecular flexibility index (Phi) is 4.69. The van der Waals surface area contributed by atoms with Crippen LogP contribution in [0.3, 0.4) is 0 Å². The van der Waals surface area contributed by atoms with Crippen LogP contribution in [-0.2, 0) is 11.3 Å². The second-order valence-electron chi connectivity index (χ2n) is 4.86. The second kappa shape index (κ2) is 6.48. The Morgan fingerprint density at radius 1 is 1.50 bits per heavy atom. The predicted octanol–water partition coefficient (Wildman–Crippen LogP) is -0.141. The van der Waals surface area contributed by atoms with E-state index in [-0.39, 0.29) is 18.6 Å². The summed E-state index contributed by atoms with van der Waals surface area (Å²) in [5.41, 5.74) is 12.3. The number of ether oxygens (including phenoxy) is 1. The Bertz CT molecular complexity index is 538. The summed E-state index contributed by atoms with van der Waals surface area (Å²) >= 11 is 0. The summed E-state index contributed by atoms with van der Waals surface area (Å²) in [6.07, 6.45) is 0.672. The van der Waals surface area contributed by atoms with E-state index in [4.69, 9.17) is 21.5 Å².